The fourth-order valence-corrected chi connectivity index (χ4v) is 3.29. The average molecular weight is 294 g/mol. The molecule has 1 aliphatic heterocycles. The van der Waals surface area contributed by atoms with Crippen molar-refractivity contribution < 1.29 is 4.79 Å². The first-order chi connectivity index (χ1) is 10.7. The van der Waals surface area contributed by atoms with E-state index in [4.69, 9.17) is 0 Å². The Hall–Kier alpha value is -2.16. The number of hydrogen-bond acceptors (Lipinski definition) is 2. The van der Waals surface area contributed by atoms with Crippen molar-refractivity contribution in [1.82, 2.24) is 9.88 Å². The number of piperidine rings is 1. The molecule has 3 rings (SSSR count). The molecule has 114 valence electrons. The summed E-state index contributed by atoms with van der Waals surface area (Å²) in [5.74, 6) is 0.680. The molecule has 2 heterocycles. The van der Waals surface area contributed by atoms with Gasteiger partial charge in [0.15, 0.2) is 0 Å². The molecule has 1 aromatic carbocycles. The second-order valence-corrected chi connectivity index (χ2v) is 6.07. The first-order valence-corrected chi connectivity index (χ1v) is 7.96. The van der Waals surface area contributed by atoms with E-state index < -0.39 is 0 Å². The standard InChI is InChI=1S/C19H22N2O/c1-15-6-2-3-9-18(15)17-8-5-11-21(14-17)19(22)12-16-7-4-10-20-13-16/h2-4,6-7,9-10,13,17H,5,8,11-12,14H2,1H3/t17-/m1/s1. The Kier molecular flexibility index (Phi) is 4.52. The largest absolute Gasteiger partial charge is 0.342 e. The van der Waals surface area contributed by atoms with Gasteiger partial charge in [0, 0.05) is 31.4 Å². The van der Waals surface area contributed by atoms with Gasteiger partial charge in [0.05, 0.1) is 6.42 Å². The molecule has 3 heteroatoms. The van der Waals surface area contributed by atoms with Crippen LogP contribution < -0.4 is 0 Å². The van der Waals surface area contributed by atoms with Crippen molar-refractivity contribution in [1.29, 1.82) is 0 Å². The molecule has 0 radical (unpaired) electrons. The molecule has 1 atom stereocenters. The topological polar surface area (TPSA) is 33.2 Å². The molecule has 0 N–H and O–H groups in total. The van der Waals surface area contributed by atoms with Gasteiger partial charge in [-0.05, 0) is 42.5 Å². The van der Waals surface area contributed by atoms with Crippen molar-refractivity contribution in [3.8, 4) is 0 Å². The third-order valence-electron chi connectivity index (χ3n) is 4.48. The highest BCUT2D eigenvalue weighted by Gasteiger charge is 2.25. The Bertz CT molecular complexity index is 639. The van der Waals surface area contributed by atoms with Crippen LogP contribution in [0, 0.1) is 6.92 Å². The Morgan fingerprint density at radius 3 is 2.91 bits per heavy atom. The summed E-state index contributed by atoms with van der Waals surface area (Å²) in [4.78, 5) is 18.6. The van der Waals surface area contributed by atoms with Crippen molar-refractivity contribution in [2.75, 3.05) is 13.1 Å². The molecular weight excluding hydrogens is 272 g/mol. The summed E-state index contributed by atoms with van der Waals surface area (Å²) in [5.41, 5.74) is 3.71. The molecule has 1 aliphatic rings. The van der Waals surface area contributed by atoms with Gasteiger partial charge in [0.1, 0.15) is 0 Å². The summed E-state index contributed by atoms with van der Waals surface area (Å²) in [6, 6.07) is 12.4. The Morgan fingerprint density at radius 2 is 2.14 bits per heavy atom. The van der Waals surface area contributed by atoms with Gasteiger partial charge in [-0.25, -0.2) is 0 Å². The van der Waals surface area contributed by atoms with E-state index in [1.54, 1.807) is 12.4 Å². The Morgan fingerprint density at radius 1 is 1.27 bits per heavy atom. The molecule has 0 spiro atoms. The summed E-state index contributed by atoms with van der Waals surface area (Å²) in [6.45, 7) is 3.87. The number of carbonyl (C=O) groups is 1. The van der Waals surface area contributed by atoms with Crippen molar-refractivity contribution in [2.24, 2.45) is 0 Å². The molecule has 1 aromatic heterocycles. The van der Waals surface area contributed by atoms with Crippen molar-refractivity contribution in [3.63, 3.8) is 0 Å². The molecule has 3 nitrogen and oxygen atoms in total. The fraction of sp³-hybridized carbons (Fsp3) is 0.368. The van der Waals surface area contributed by atoms with Crippen LogP contribution >= 0.6 is 0 Å². The molecule has 0 saturated carbocycles. The monoisotopic (exact) mass is 294 g/mol. The van der Waals surface area contributed by atoms with Gasteiger partial charge in [-0.1, -0.05) is 30.3 Å². The summed E-state index contributed by atoms with van der Waals surface area (Å²) in [5, 5.41) is 0. The van der Waals surface area contributed by atoms with Crippen LogP contribution in [0.15, 0.2) is 48.8 Å². The number of nitrogens with zero attached hydrogens (tertiary/aromatic N) is 2. The van der Waals surface area contributed by atoms with Crippen LogP contribution in [0.3, 0.4) is 0 Å². The lowest BCUT2D eigenvalue weighted by atomic mass is 9.88. The SMILES string of the molecule is Cc1ccccc1[C@@H]1CCCN(C(=O)Cc2cccnc2)C1. The van der Waals surface area contributed by atoms with Crippen LogP contribution in [0.1, 0.15) is 35.4 Å². The number of aromatic nitrogens is 1. The van der Waals surface area contributed by atoms with E-state index in [2.05, 4.69) is 36.2 Å². The molecule has 1 fully saturated rings. The average Bonchev–Trinajstić information content (AvgIpc) is 2.56. The van der Waals surface area contributed by atoms with E-state index >= 15 is 0 Å². The van der Waals surface area contributed by atoms with Crippen molar-refractivity contribution >= 4 is 5.91 Å². The van der Waals surface area contributed by atoms with Gasteiger partial charge in [0.2, 0.25) is 5.91 Å². The number of pyridine rings is 1. The molecule has 0 aliphatic carbocycles. The Labute approximate surface area is 132 Å². The van der Waals surface area contributed by atoms with Crippen LogP contribution in [-0.2, 0) is 11.2 Å². The summed E-state index contributed by atoms with van der Waals surface area (Å²) < 4.78 is 0. The molecule has 0 bridgehead atoms. The third-order valence-corrected chi connectivity index (χ3v) is 4.48. The normalized spacial score (nSPS) is 18.2. The van der Waals surface area contributed by atoms with Crippen LogP contribution in [0.5, 0.6) is 0 Å². The summed E-state index contributed by atoms with van der Waals surface area (Å²) in [7, 11) is 0. The third kappa shape index (κ3) is 3.35. The van der Waals surface area contributed by atoms with Gasteiger partial charge >= 0.3 is 0 Å². The van der Waals surface area contributed by atoms with Gasteiger partial charge in [-0.15, -0.1) is 0 Å². The highest BCUT2D eigenvalue weighted by atomic mass is 16.2. The lowest BCUT2D eigenvalue weighted by molar-refractivity contribution is -0.131. The quantitative estimate of drug-likeness (QED) is 0.870. The number of rotatable bonds is 3. The Balaban J connectivity index is 1.68. The minimum atomic E-state index is 0.214. The molecule has 1 amide bonds. The van der Waals surface area contributed by atoms with Crippen LogP contribution in [0.25, 0.3) is 0 Å². The van der Waals surface area contributed by atoms with Gasteiger partial charge < -0.3 is 4.90 Å². The minimum absolute atomic E-state index is 0.214. The van der Waals surface area contributed by atoms with E-state index in [0.29, 0.717) is 12.3 Å². The molecule has 2 aromatic rings. The van der Waals surface area contributed by atoms with Gasteiger partial charge in [-0.3, -0.25) is 9.78 Å². The van der Waals surface area contributed by atoms with Crippen molar-refractivity contribution in [3.05, 3.63) is 65.5 Å². The predicted octanol–water partition coefficient (Wildman–Crippen LogP) is 3.34. The number of benzene rings is 1. The second kappa shape index (κ2) is 6.73. The van der Waals surface area contributed by atoms with Gasteiger partial charge in [-0.2, -0.15) is 0 Å². The molecule has 1 saturated heterocycles. The zero-order valence-corrected chi connectivity index (χ0v) is 13.0. The zero-order valence-electron chi connectivity index (χ0n) is 13.0. The maximum Gasteiger partial charge on any atom is 0.227 e. The zero-order chi connectivity index (χ0) is 15.4. The van der Waals surface area contributed by atoms with E-state index in [1.165, 1.54) is 17.5 Å². The number of amides is 1. The van der Waals surface area contributed by atoms with E-state index in [0.717, 1.165) is 25.1 Å². The molecule has 22 heavy (non-hydrogen) atoms. The summed E-state index contributed by atoms with van der Waals surface area (Å²) in [6.07, 6.45) is 6.22. The first-order valence-electron chi connectivity index (χ1n) is 7.96. The maximum absolute atomic E-state index is 12.5. The molecule has 0 unspecified atom stereocenters. The lowest BCUT2D eigenvalue weighted by Gasteiger charge is -2.33. The second-order valence-electron chi connectivity index (χ2n) is 6.07. The van der Waals surface area contributed by atoms with Crippen LogP contribution in [0.4, 0.5) is 0 Å². The smallest absolute Gasteiger partial charge is 0.227 e. The van der Waals surface area contributed by atoms with Gasteiger partial charge in [0.25, 0.3) is 0 Å². The number of likely N-dealkylation sites (tertiary alicyclic amines) is 1. The van der Waals surface area contributed by atoms with Crippen LogP contribution in [0.2, 0.25) is 0 Å². The van der Waals surface area contributed by atoms with Crippen LogP contribution in [-0.4, -0.2) is 28.9 Å². The lowest BCUT2D eigenvalue weighted by Crippen LogP contribution is -2.40. The van der Waals surface area contributed by atoms with E-state index in [1.807, 2.05) is 17.0 Å². The number of hydrogen-bond donors (Lipinski definition) is 0. The highest BCUT2D eigenvalue weighted by molar-refractivity contribution is 5.78. The summed E-state index contributed by atoms with van der Waals surface area (Å²) >= 11 is 0. The fourth-order valence-electron chi connectivity index (χ4n) is 3.29. The number of aryl methyl sites for hydroxylation is 1. The van der Waals surface area contributed by atoms with E-state index in [9.17, 15) is 4.79 Å². The van der Waals surface area contributed by atoms with Crippen molar-refractivity contribution in [2.45, 2.75) is 32.1 Å². The predicted molar refractivity (Wildman–Crippen MR) is 87.7 cm³/mol. The maximum atomic E-state index is 12.5. The number of carbonyl (C=O) groups excluding carboxylic acids is 1. The minimum Gasteiger partial charge on any atom is -0.342 e. The highest BCUT2D eigenvalue weighted by Crippen LogP contribution is 2.29. The first kappa shape index (κ1) is 14.8. The molecular formula is C19H22N2O. The van der Waals surface area contributed by atoms with E-state index in [-0.39, 0.29) is 5.91 Å².